The van der Waals surface area contributed by atoms with Crippen LogP contribution in [0.1, 0.15) is 20.3 Å². The molecule has 0 saturated heterocycles. The number of hydrogen-bond donors (Lipinski definition) is 2. The molecule has 0 aromatic heterocycles. The number of carbonyl (C=O) groups excluding carboxylic acids is 1. The summed E-state index contributed by atoms with van der Waals surface area (Å²) < 4.78 is 4.69. The maximum Gasteiger partial charge on any atom is 0.246 e. The minimum Gasteiger partial charge on any atom is -0.375 e. The van der Waals surface area contributed by atoms with Gasteiger partial charge in [0.05, 0.1) is 0 Å². The lowest BCUT2D eigenvalue weighted by Crippen LogP contribution is -2.51. The first-order valence-electron chi connectivity index (χ1n) is 4.08. The Balaban J connectivity index is 3.93. The van der Waals surface area contributed by atoms with Gasteiger partial charge in [-0.1, -0.05) is 6.92 Å². The van der Waals surface area contributed by atoms with Crippen LogP contribution in [0.25, 0.3) is 0 Å². The van der Waals surface area contributed by atoms with Gasteiger partial charge in [0.25, 0.3) is 0 Å². The van der Waals surface area contributed by atoms with Gasteiger partial charge in [0.2, 0.25) is 5.91 Å². The van der Waals surface area contributed by atoms with Crippen LogP contribution in [0, 0.1) is 0 Å². The molecule has 12 heavy (non-hydrogen) atoms. The summed E-state index contributed by atoms with van der Waals surface area (Å²) in [6.07, 6.45) is 0.818. The number of rotatable bonds is 5. The monoisotopic (exact) mass is 174 g/mol. The van der Waals surface area contributed by atoms with E-state index < -0.39 is 0 Å². The highest BCUT2D eigenvalue weighted by molar-refractivity contribution is 5.78. The first-order chi connectivity index (χ1) is 5.58. The van der Waals surface area contributed by atoms with E-state index in [0.29, 0.717) is 6.54 Å². The lowest BCUT2D eigenvalue weighted by Gasteiger charge is -2.27. The van der Waals surface area contributed by atoms with Crippen LogP contribution in [0.5, 0.6) is 0 Å². The van der Waals surface area contributed by atoms with Crippen LogP contribution in [-0.2, 0) is 9.53 Å². The second kappa shape index (κ2) is 5.11. The Morgan fingerprint density at radius 1 is 1.67 bits per heavy atom. The highest BCUT2D eigenvalue weighted by Gasteiger charge is 2.21. The first-order valence-corrected chi connectivity index (χ1v) is 4.08. The van der Waals surface area contributed by atoms with E-state index in [-0.39, 0.29) is 18.1 Å². The van der Waals surface area contributed by atoms with E-state index in [1.54, 1.807) is 0 Å². The molecule has 1 atom stereocenters. The summed E-state index contributed by atoms with van der Waals surface area (Å²) in [5, 5.41) is 2.80. The van der Waals surface area contributed by atoms with Crippen LogP contribution in [0.15, 0.2) is 0 Å². The predicted molar refractivity (Wildman–Crippen MR) is 47.8 cm³/mol. The van der Waals surface area contributed by atoms with Crippen LogP contribution in [0.4, 0.5) is 0 Å². The molecule has 0 aliphatic carbocycles. The van der Waals surface area contributed by atoms with Gasteiger partial charge in [0, 0.05) is 19.2 Å². The summed E-state index contributed by atoms with van der Waals surface area (Å²) in [4.78, 5) is 11.1. The summed E-state index contributed by atoms with van der Waals surface area (Å²) >= 11 is 0. The van der Waals surface area contributed by atoms with E-state index in [1.807, 2.05) is 13.8 Å². The summed E-state index contributed by atoms with van der Waals surface area (Å²) in [6, 6.07) is 0. The molecule has 3 N–H and O–H groups in total. The smallest absolute Gasteiger partial charge is 0.246 e. The van der Waals surface area contributed by atoms with Crippen molar-refractivity contribution in [2.75, 3.05) is 20.3 Å². The normalized spacial score (nSPS) is 15.3. The van der Waals surface area contributed by atoms with Crippen LogP contribution in [0.3, 0.4) is 0 Å². The number of hydrogen-bond acceptors (Lipinski definition) is 3. The third kappa shape index (κ3) is 3.69. The molecule has 4 nitrogen and oxygen atoms in total. The van der Waals surface area contributed by atoms with Gasteiger partial charge in [-0.25, -0.2) is 0 Å². The van der Waals surface area contributed by atoms with Crippen molar-refractivity contribution in [3.63, 3.8) is 0 Å². The van der Waals surface area contributed by atoms with E-state index in [1.165, 1.54) is 7.11 Å². The third-order valence-electron chi connectivity index (χ3n) is 1.95. The van der Waals surface area contributed by atoms with E-state index in [9.17, 15) is 4.79 Å². The molecule has 0 aromatic rings. The van der Waals surface area contributed by atoms with E-state index in [0.717, 1.165) is 6.42 Å². The Kier molecular flexibility index (Phi) is 4.85. The van der Waals surface area contributed by atoms with Crippen molar-refractivity contribution in [3.05, 3.63) is 0 Å². The molecule has 0 rings (SSSR count). The average Bonchev–Trinajstić information content (AvgIpc) is 2.05. The van der Waals surface area contributed by atoms with Crippen LogP contribution in [-0.4, -0.2) is 31.7 Å². The minimum absolute atomic E-state index is 0.0928. The van der Waals surface area contributed by atoms with Crippen molar-refractivity contribution in [1.29, 1.82) is 0 Å². The van der Waals surface area contributed by atoms with E-state index in [2.05, 4.69) is 10.1 Å². The van der Waals surface area contributed by atoms with Gasteiger partial charge in [-0.2, -0.15) is 0 Å². The lowest BCUT2D eigenvalue weighted by atomic mass is 9.99. The molecule has 0 fully saturated rings. The largest absolute Gasteiger partial charge is 0.375 e. The van der Waals surface area contributed by atoms with Gasteiger partial charge in [-0.3, -0.25) is 4.79 Å². The third-order valence-corrected chi connectivity index (χ3v) is 1.95. The maximum absolute atomic E-state index is 11.1. The number of nitrogens with one attached hydrogen (secondary N) is 1. The lowest BCUT2D eigenvalue weighted by molar-refractivity contribution is -0.126. The Hall–Kier alpha value is -0.610. The highest BCUT2D eigenvalue weighted by Crippen LogP contribution is 2.05. The summed E-state index contributed by atoms with van der Waals surface area (Å²) in [6.45, 7) is 4.44. The molecule has 0 aromatic carbocycles. The molecule has 0 heterocycles. The second-order valence-corrected chi connectivity index (χ2v) is 3.10. The summed E-state index contributed by atoms with van der Waals surface area (Å²) in [5.41, 5.74) is 5.21. The van der Waals surface area contributed by atoms with Crippen LogP contribution >= 0.6 is 0 Å². The molecule has 72 valence electrons. The highest BCUT2D eigenvalue weighted by atomic mass is 16.5. The Morgan fingerprint density at radius 2 is 2.25 bits per heavy atom. The molecule has 0 aliphatic heterocycles. The van der Waals surface area contributed by atoms with Crippen molar-refractivity contribution in [2.24, 2.45) is 5.73 Å². The average molecular weight is 174 g/mol. The van der Waals surface area contributed by atoms with E-state index in [4.69, 9.17) is 5.73 Å². The Labute approximate surface area is 73.5 Å². The Morgan fingerprint density at radius 3 is 2.58 bits per heavy atom. The number of carbonyl (C=O) groups is 1. The van der Waals surface area contributed by atoms with Crippen molar-refractivity contribution < 1.29 is 9.53 Å². The number of methoxy groups -OCH3 is 1. The topological polar surface area (TPSA) is 64.3 Å². The number of amides is 1. The standard InChI is InChI=1S/C8H18N2O2/c1-4-8(2,6-9)10-7(11)5-12-3/h4-6,9H2,1-3H3,(H,10,11). The van der Waals surface area contributed by atoms with Crippen LogP contribution in [0.2, 0.25) is 0 Å². The zero-order chi connectivity index (χ0) is 9.61. The fourth-order valence-electron chi connectivity index (χ4n) is 0.788. The van der Waals surface area contributed by atoms with Gasteiger partial charge in [-0.05, 0) is 13.3 Å². The molecule has 1 unspecified atom stereocenters. The second-order valence-electron chi connectivity index (χ2n) is 3.10. The Bertz CT molecular complexity index is 144. The van der Waals surface area contributed by atoms with Crippen molar-refractivity contribution >= 4 is 5.91 Å². The SMILES string of the molecule is CCC(C)(CN)NC(=O)COC. The van der Waals surface area contributed by atoms with E-state index >= 15 is 0 Å². The van der Waals surface area contributed by atoms with Crippen molar-refractivity contribution in [3.8, 4) is 0 Å². The molecule has 1 amide bonds. The van der Waals surface area contributed by atoms with Gasteiger partial charge in [0.15, 0.2) is 0 Å². The fraction of sp³-hybridized carbons (Fsp3) is 0.875. The molecule has 0 saturated carbocycles. The van der Waals surface area contributed by atoms with Gasteiger partial charge < -0.3 is 15.8 Å². The molecule has 0 aliphatic rings. The quantitative estimate of drug-likeness (QED) is 0.610. The number of ether oxygens (including phenoxy) is 1. The molecular weight excluding hydrogens is 156 g/mol. The minimum atomic E-state index is -0.296. The van der Waals surface area contributed by atoms with Crippen molar-refractivity contribution in [1.82, 2.24) is 5.32 Å². The van der Waals surface area contributed by atoms with Crippen LogP contribution < -0.4 is 11.1 Å². The van der Waals surface area contributed by atoms with Gasteiger partial charge >= 0.3 is 0 Å². The summed E-state index contributed by atoms with van der Waals surface area (Å²) in [7, 11) is 1.49. The first kappa shape index (κ1) is 11.4. The zero-order valence-electron chi connectivity index (χ0n) is 8.02. The zero-order valence-corrected chi connectivity index (χ0v) is 8.02. The van der Waals surface area contributed by atoms with Gasteiger partial charge in [0.1, 0.15) is 6.61 Å². The van der Waals surface area contributed by atoms with Crippen molar-refractivity contribution in [2.45, 2.75) is 25.8 Å². The molecule has 0 spiro atoms. The summed E-state index contributed by atoms with van der Waals surface area (Å²) in [5.74, 6) is -0.118. The molecule has 0 bridgehead atoms. The molecule has 4 heteroatoms. The number of nitrogens with two attached hydrogens (primary N) is 1. The predicted octanol–water partition coefficient (Wildman–Crippen LogP) is -0.124. The fourth-order valence-corrected chi connectivity index (χ4v) is 0.788. The molecular formula is C8H18N2O2. The molecule has 0 radical (unpaired) electrons. The van der Waals surface area contributed by atoms with Gasteiger partial charge in [-0.15, -0.1) is 0 Å². The maximum atomic E-state index is 11.1.